The second-order valence-corrected chi connectivity index (χ2v) is 5.26. The molecule has 2 aromatic carbocycles. The van der Waals surface area contributed by atoms with Crippen LogP contribution in [0.4, 0.5) is 11.4 Å². The van der Waals surface area contributed by atoms with Crippen LogP contribution in [0.15, 0.2) is 46.9 Å². The van der Waals surface area contributed by atoms with E-state index in [0.717, 1.165) is 11.4 Å². The quantitative estimate of drug-likeness (QED) is 0.620. The van der Waals surface area contributed by atoms with Gasteiger partial charge in [0, 0.05) is 28.3 Å². The van der Waals surface area contributed by atoms with Gasteiger partial charge in [-0.15, -0.1) is 0 Å². The Morgan fingerprint density at radius 3 is 2.57 bits per heavy atom. The van der Waals surface area contributed by atoms with Crippen LogP contribution in [0.2, 0.25) is 0 Å². The Labute approximate surface area is 131 Å². The van der Waals surface area contributed by atoms with Gasteiger partial charge in [-0.3, -0.25) is 10.1 Å². The van der Waals surface area contributed by atoms with Gasteiger partial charge in [-0.1, -0.05) is 15.9 Å². The van der Waals surface area contributed by atoms with Gasteiger partial charge in [0.25, 0.3) is 5.69 Å². The Hall–Kier alpha value is -2.08. The van der Waals surface area contributed by atoms with E-state index in [-0.39, 0.29) is 10.6 Å². The first-order valence-corrected chi connectivity index (χ1v) is 7.29. The van der Waals surface area contributed by atoms with Gasteiger partial charge in [0.15, 0.2) is 0 Å². The van der Waals surface area contributed by atoms with Crippen LogP contribution >= 0.6 is 15.9 Å². The third-order valence-electron chi connectivity index (χ3n) is 2.89. The zero-order valence-corrected chi connectivity index (χ0v) is 13.1. The molecule has 6 heteroatoms. The highest BCUT2D eigenvalue weighted by molar-refractivity contribution is 9.10. The number of anilines is 1. The molecule has 0 amide bonds. The first-order chi connectivity index (χ1) is 10.1. The fourth-order valence-corrected chi connectivity index (χ4v) is 2.24. The monoisotopic (exact) mass is 350 g/mol. The van der Waals surface area contributed by atoms with Crippen LogP contribution in [0.5, 0.6) is 5.75 Å². The second-order valence-electron chi connectivity index (χ2n) is 4.34. The van der Waals surface area contributed by atoms with Gasteiger partial charge in [-0.2, -0.15) is 0 Å². The molecule has 0 heterocycles. The van der Waals surface area contributed by atoms with Crippen molar-refractivity contribution in [3.8, 4) is 5.75 Å². The number of hydrogen-bond acceptors (Lipinski definition) is 4. The Morgan fingerprint density at radius 2 is 1.95 bits per heavy atom. The minimum atomic E-state index is -0.375. The van der Waals surface area contributed by atoms with E-state index in [1.165, 1.54) is 6.07 Å². The average molecular weight is 351 g/mol. The lowest BCUT2D eigenvalue weighted by atomic mass is 10.1. The van der Waals surface area contributed by atoms with Crippen LogP contribution in [-0.2, 0) is 6.54 Å². The largest absolute Gasteiger partial charge is 0.494 e. The maximum atomic E-state index is 11.0. The van der Waals surface area contributed by atoms with E-state index in [1.54, 1.807) is 12.1 Å². The molecule has 0 fully saturated rings. The molecule has 0 bridgehead atoms. The van der Waals surface area contributed by atoms with Crippen molar-refractivity contribution in [2.75, 3.05) is 11.9 Å². The van der Waals surface area contributed by atoms with Crippen molar-refractivity contribution in [1.82, 2.24) is 0 Å². The van der Waals surface area contributed by atoms with Crippen molar-refractivity contribution in [2.45, 2.75) is 13.5 Å². The van der Waals surface area contributed by atoms with Crippen LogP contribution in [-0.4, -0.2) is 11.5 Å². The zero-order valence-electron chi connectivity index (χ0n) is 11.5. The van der Waals surface area contributed by atoms with E-state index in [0.29, 0.717) is 23.2 Å². The van der Waals surface area contributed by atoms with Crippen LogP contribution in [0.25, 0.3) is 0 Å². The fraction of sp³-hybridized carbons (Fsp3) is 0.200. The normalized spacial score (nSPS) is 10.2. The lowest BCUT2D eigenvalue weighted by Crippen LogP contribution is -2.03. The topological polar surface area (TPSA) is 64.4 Å². The Kier molecular flexibility index (Phi) is 5.16. The van der Waals surface area contributed by atoms with E-state index < -0.39 is 0 Å². The van der Waals surface area contributed by atoms with Gasteiger partial charge in [-0.05, 0) is 43.3 Å². The molecule has 110 valence electrons. The van der Waals surface area contributed by atoms with Gasteiger partial charge < -0.3 is 10.1 Å². The zero-order chi connectivity index (χ0) is 15.2. The van der Waals surface area contributed by atoms with E-state index in [2.05, 4.69) is 21.2 Å². The molecule has 1 N–H and O–H groups in total. The average Bonchev–Trinajstić information content (AvgIpc) is 2.47. The molecule has 2 rings (SSSR count). The van der Waals surface area contributed by atoms with E-state index in [4.69, 9.17) is 4.74 Å². The molecule has 0 aliphatic heterocycles. The number of benzene rings is 2. The molecular formula is C15H15BrN2O3. The first kappa shape index (κ1) is 15.3. The molecule has 0 aliphatic carbocycles. The smallest absolute Gasteiger partial charge is 0.275 e. The predicted octanol–water partition coefficient (Wildman–Crippen LogP) is 4.37. The lowest BCUT2D eigenvalue weighted by molar-refractivity contribution is -0.385. The molecule has 0 radical (unpaired) electrons. The molecule has 0 saturated carbocycles. The number of halogens is 1. The summed E-state index contributed by atoms with van der Waals surface area (Å²) in [6.07, 6.45) is 0. The Bertz CT molecular complexity index is 629. The number of nitro groups is 1. The van der Waals surface area contributed by atoms with Crippen LogP contribution in [0.3, 0.4) is 0 Å². The molecule has 21 heavy (non-hydrogen) atoms. The highest BCUT2D eigenvalue weighted by Gasteiger charge is 2.13. The van der Waals surface area contributed by atoms with Crippen molar-refractivity contribution < 1.29 is 9.66 Å². The van der Waals surface area contributed by atoms with Gasteiger partial charge in [-0.25, -0.2) is 0 Å². The van der Waals surface area contributed by atoms with Crippen molar-refractivity contribution in [1.29, 1.82) is 0 Å². The molecule has 0 atom stereocenters. The number of hydrogen-bond donors (Lipinski definition) is 1. The second kappa shape index (κ2) is 7.08. The van der Waals surface area contributed by atoms with E-state index in [9.17, 15) is 10.1 Å². The summed E-state index contributed by atoms with van der Waals surface area (Å²) in [4.78, 5) is 10.7. The number of nitrogens with zero attached hydrogens (tertiary/aromatic N) is 1. The summed E-state index contributed by atoms with van der Waals surface area (Å²) in [7, 11) is 0. The predicted molar refractivity (Wildman–Crippen MR) is 85.7 cm³/mol. The molecular weight excluding hydrogens is 336 g/mol. The fourth-order valence-electron chi connectivity index (χ4n) is 1.89. The number of nitrogens with one attached hydrogen (secondary N) is 1. The minimum absolute atomic E-state index is 0.0998. The molecule has 0 aliphatic rings. The number of ether oxygens (including phenoxy) is 1. The summed E-state index contributed by atoms with van der Waals surface area (Å²) < 4.78 is 6.06. The van der Waals surface area contributed by atoms with Gasteiger partial charge in [0.2, 0.25) is 0 Å². The first-order valence-electron chi connectivity index (χ1n) is 6.49. The van der Waals surface area contributed by atoms with Gasteiger partial charge in [0.05, 0.1) is 11.5 Å². The maximum absolute atomic E-state index is 11.0. The van der Waals surface area contributed by atoms with Gasteiger partial charge in [0.1, 0.15) is 5.75 Å². The third kappa shape index (κ3) is 4.19. The summed E-state index contributed by atoms with van der Waals surface area (Å²) in [6, 6.07) is 12.5. The third-order valence-corrected chi connectivity index (χ3v) is 3.39. The molecule has 0 spiro atoms. The van der Waals surface area contributed by atoms with Crippen molar-refractivity contribution >= 4 is 27.3 Å². The van der Waals surface area contributed by atoms with Crippen molar-refractivity contribution in [2.24, 2.45) is 0 Å². The summed E-state index contributed by atoms with van der Waals surface area (Å²) in [5.74, 6) is 0.803. The standard InChI is InChI=1S/C15H15BrN2O3/c1-2-21-14-7-5-13(6-8-14)17-10-11-3-4-12(16)9-15(11)18(19)20/h3-9,17H,2,10H2,1H3. The maximum Gasteiger partial charge on any atom is 0.275 e. The van der Waals surface area contributed by atoms with Crippen LogP contribution < -0.4 is 10.1 Å². The molecule has 2 aromatic rings. The summed E-state index contributed by atoms with van der Waals surface area (Å²) in [5.41, 5.74) is 1.62. The Balaban J connectivity index is 2.07. The van der Waals surface area contributed by atoms with Gasteiger partial charge >= 0.3 is 0 Å². The SMILES string of the molecule is CCOc1ccc(NCc2ccc(Br)cc2[N+](=O)[O-])cc1. The number of nitro benzene ring substituents is 1. The van der Waals surface area contributed by atoms with E-state index >= 15 is 0 Å². The lowest BCUT2D eigenvalue weighted by Gasteiger charge is -2.09. The van der Waals surface area contributed by atoms with Crippen LogP contribution in [0.1, 0.15) is 12.5 Å². The van der Waals surface area contributed by atoms with E-state index in [1.807, 2.05) is 31.2 Å². The molecule has 0 saturated heterocycles. The Morgan fingerprint density at radius 1 is 1.24 bits per heavy atom. The number of rotatable bonds is 6. The molecule has 5 nitrogen and oxygen atoms in total. The summed E-state index contributed by atoms with van der Waals surface area (Å²) in [6.45, 7) is 2.94. The summed E-state index contributed by atoms with van der Waals surface area (Å²) in [5, 5.41) is 14.2. The highest BCUT2D eigenvalue weighted by atomic mass is 79.9. The van der Waals surface area contributed by atoms with Crippen LogP contribution in [0, 0.1) is 10.1 Å². The molecule has 0 aromatic heterocycles. The van der Waals surface area contributed by atoms with Crippen molar-refractivity contribution in [3.05, 3.63) is 62.6 Å². The summed E-state index contributed by atoms with van der Waals surface area (Å²) >= 11 is 3.24. The highest BCUT2D eigenvalue weighted by Crippen LogP contribution is 2.24. The minimum Gasteiger partial charge on any atom is -0.494 e. The van der Waals surface area contributed by atoms with Crippen molar-refractivity contribution in [3.63, 3.8) is 0 Å². The molecule has 0 unspecified atom stereocenters.